The van der Waals surface area contributed by atoms with Gasteiger partial charge in [-0.05, 0) is 33.1 Å². The van der Waals surface area contributed by atoms with Crippen LogP contribution >= 0.6 is 0 Å². The lowest BCUT2D eigenvalue weighted by atomic mass is 10.1. The Morgan fingerprint density at radius 2 is 2.10 bits per heavy atom. The molecule has 1 aliphatic rings. The Morgan fingerprint density at radius 1 is 1.38 bits per heavy atom. The lowest BCUT2D eigenvalue weighted by molar-refractivity contribution is -0.133. The number of likely N-dealkylation sites (tertiary alicyclic amines) is 1. The van der Waals surface area contributed by atoms with Crippen molar-refractivity contribution in [2.24, 2.45) is 0 Å². The van der Waals surface area contributed by atoms with Crippen molar-refractivity contribution in [3.05, 3.63) is 23.5 Å². The van der Waals surface area contributed by atoms with E-state index in [1.165, 1.54) is 6.42 Å². The molecule has 0 radical (unpaired) electrons. The van der Waals surface area contributed by atoms with Crippen LogP contribution in [-0.4, -0.2) is 42.0 Å². The third kappa shape index (κ3) is 4.43. The lowest BCUT2D eigenvalue weighted by Crippen LogP contribution is -2.46. The van der Waals surface area contributed by atoms with Gasteiger partial charge in [0.05, 0.1) is 18.8 Å². The molecule has 1 fully saturated rings. The number of aromatic nitrogens is 1. The minimum atomic E-state index is -0.184. The summed E-state index contributed by atoms with van der Waals surface area (Å²) >= 11 is 0. The summed E-state index contributed by atoms with van der Waals surface area (Å²) in [6, 6.07) is 3.61. The highest BCUT2D eigenvalue weighted by molar-refractivity contribution is 5.81. The summed E-state index contributed by atoms with van der Waals surface area (Å²) in [5.74, 6) is 0.989. The first-order chi connectivity index (χ1) is 10.1. The summed E-state index contributed by atoms with van der Waals surface area (Å²) < 4.78 is 5.24. The van der Waals surface area contributed by atoms with E-state index < -0.39 is 0 Å². The third-order valence-corrected chi connectivity index (χ3v) is 3.84. The van der Waals surface area contributed by atoms with Gasteiger partial charge in [0.1, 0.15) is 5.75 Å². The molecule has 1 aromatic rings. The van der Waals surface area contributed by atoms with Crippen molar-refractivity contribution in [1.82, 2.24) is 15.2 Å². The van der Waals surface area contributed by atoms with Gasteiger partial charge in [-0.3, -0.25) is 9.78 Å². The zero-order valence-electron chi connectivity index (χ0n) is 13.2. The van der Waals surface area contributed by atoms with Gasteiger partial charge in [0.15, 0.2) is 0 Å². The third-order valence-electron chi connectivity index (χ3n) is 3.84. The van der Waals surface area contributed by atoms with Crippen LogP contribution in [0.3, 0.4) is 0 Å². The Bertz CT molecular complexity index is 484. The van der Waals surface area contributed by atoms with Gasteiger partial charge in [-0.1, -0.05) is 0 Å². The average molecular weight is 291 g/mol. The number of ether oxygens (including phenoxy) is 1. The molecule has 1 amide bonds. The first-order valence-electron chi connectivity index (χ1n) is 7.64. The molecule has 5 heteroatoms. The van der Waals surface area contributed by atoms with Gasteiger partial charge < -0.3 is 15.0 Å². The van der Waals surface area contributed by atoms with E-state index in [0.29, 0.717) is 6.54 Å². The van der Waals surface area contributed by atoms with Crippen LogP contribution in [-0.2, 0) is 11.3 Å². The number of nitrogens with zero attached hydrogens (tertiary/aromatic N) is 2. The van der Waals surface area contributed by atoms with Crippen molar-refractivity contribution in [2.75, 3.05) is 20.2 Å². The van der Waals surface area contributed by atoms with Gasteiger partial charge >= 0.3 is 0 Å². The number of nitrogens with one attached hydrogen (secondary N) is 1. The number of hydrogen-bond donors (Lipinski definition) is 1. The normalized spacial score (nSPS) is 16.6. The van der Waals surface area contributed by atoms with Crippen LogP contribution in [0.5, 0.6) is 5.75 Å². The monoisotopic (exact) mass is 291 g/mol. The Labute approximate surface area is 126 Å². The number of hydrogen-bond acceptors (Lipinski definition) is 4. The zero-order chi connectivity index (χ0) is 15.2. The minimum Gasteiger partial charge on any atom is -0.497 e. The fourth-order valence-electron chi connectivity index (χ4n) is 2.64. The molecule has 5 nitrogen and oxygen atoms in total. The standard InChI is InChI=1S/C16H25N3O2/c1-12-9-15(21-3)10-14(18-12)11-17-13(2)16(20)19-7-5-4-6-8-19/h9-10,13,17H,4-8,11H2,1-3H3. The van der Waals surface area contributed by atoms with Crippen LogP contribution in [0.2, 0.25) is 0 Å². The largest absolute Gasteiger partial charge is 0.497 e. The molecule has 0 saturated carbocycles. The molecule has 1 unspecified atom stereocenters. The van der Waals surface area contributed by atoms with Crippen LogP contribution in [0.4, 0.5) is 0 Å². The molecule has 0 bridgehead atoms. The molecule has 1 aliphatic heterocycles. The number of rotatable bonds is 5. The van der Waals surface area contributed by atoms with Gasteiger partial charge in [-0.25, -0.2) is 0 Å². The second kappa shape index (κ2) is 7.41. The van der Waals surface area contributed by atoms with Crippen LogP contribution in [0.15, 0.2) is 12.1 Å². The summed E-state index contributed by atoms with van der Waals surface area (Å²) in [6.45, 7) is 6.21. The SMILES string of the molecule is COc1cc(C)nc(CNC(C)C(=O)N2CCCCC2)c1. The smallest absolute Gasteiger partial charge is 0.239 e. The fraction of sp³-hybridized carbons (Fsp3) is 0.625. The quantitative estimate of drug-likeness (QED) is 0.900. The molecule has 116 valence electrons. The Kier molecular flexibility index (Phi) is 5.56. The van der Waals surface area contributed by atoms with Crippen molar-refractivity contribution >= 4 is 5.91 Å². The second-order valence-electron chi connectivity index (χ2n) is 5.63. The van der Waals surface area contributed by atoms with E-state index in [-0.39, 0.29) is 11.9 Å². The van der Waals surface area contributed by atoms with Crippen molar-refractivity contribution in [2.45, 2.75) is 45.7 Å². The maximum absolute atomic E-state index is 12.3. The number of methoxy groups -OCH3 is 1. The van der Waals surface area contributed by atoms with Crippen molar-refractivity contribution < 1.29 is 9.53 Å². The van der Waals surface area contributed by atoms with Gasteiger partial charge in [0, 0.05) is 37.5 Å². The van der Waals surface area contributed by atoms with Crippen LogP contribution in [0.1, 0.15) is 37.6 Å². The van der Waals surface area contributed by atoms with E-state index in [1.54, 1.807) is 7.11 Å². The molecule has 2 heterocycles. The summed E-state index contributed by atoms with van der Waals surface area (Å²) in [5, 5.41) is 3.27. The molecule has 21 heavy (non-hydrogen) atoms. The molecule has 1 N–H and O–H groups in total. The van der Waals surface area contributed by atoms with E-state index in [1.807, 2.05) is 30.9 Å². The number of amides is 1. The summed E-state index contributed by atoms with van der Waals surface area (Å²) in [6.07, 6.45) is 3.47. The highest BCUT2D eigenvalue weighted by atomic mass is 16.5. The average Bonchev–Trinajstić information content (AvgIpc) is 2.52. The molecular weight excluding hydrogens is 266 g/mol. The van der Waals surface area contributed by atoms with Crippen molar-refractivity contribution in [3.8, 4) is 5.75 Å². The van der Waals surface area contributed by atoms with E-state index in [0.717, 1.165) is 43.1 Å². The van der Waals surface area contributed by atoms with Crippen LogP contribution in [0.25, 0.3) is 0 Å². The molecule has 1 saturated heterocycles. The molecule has 1 aromatic heterocycles. The molecule has 0 aromatic carbocycles. The topological polar surface area (TPSA) is 54.5 Å². The maximum Gasteiger partial charge on any atom is 0.239 e. The van der Waals surface area contributed by atoms with E-state index in [9.17, 15) is 4.79 Å². The van der Waals surface area contributed by atoms with E-state index >= 15 is 0 Å². The number of carbonyl (C=O) groups excluding carboxylic acids is 1. The maximum atomic E-state index is 12.3. The minimum absolute atomic E-state index is 0.184. The first-order valence-corrected chi connectivity index (χ1v) is 7.64. The predicted octanol–water partition coefficient (Wildman–Crippen LogP) is 1.89. The molecular formula is C16H25N3O2. The van der Waals surface area contributed by atoms with Crippen LogP contribution in [0, 0.1) is 6.92 Å². The van der Waals surface area contributed by atoms with E-state index in [2.05, 4.69) is 10.3 Å². The predicted molar refractivity (Wildman–Crippen MR) is 82.3 cm³/mol. The van der Waals surface area contributed by atoms with Gasteiger partial charge in [-0.2, -0.15) is 0 Å². The highest BCUT2D eigenvalue weighted by Crippen LogP contribution is 2.14. The second-order valence-corrected chi connectivity index (χ2v) is 5.63. The molecule has 1 atom stereocenters. The van der Waals surface area contributed by atoms with Gasteiger partial charge in [0.25, 0.3) is 0 Å². The molecule has 0 spiro atoms. The van der Waals surface area contributed by atoms with E-state index in [4.69, 9.17) is 4.74 Å². The summed E-state index contributed by atoms with van der Waals surface area (Å²) in [4.78, 5) is 18.7. The van der Waals surface area contributed by atoms with Gasteiger partial charge in [0.2, 0.25) is 5.91 Å². The number of carbonyl (C=O) groups is 1. The molecule has 0 aliphatic carbocycles. The first kappa shape index (κ1) is 15.8. The number of aryl methyl sites for hydroxylation is 1. The Balaban J connectivity index is 1.89. The van der Waals surface area contributed by atoms with Crippen LogP contribution < -0.4 is 10.1 Å². The molecule has 2 rings (SSSR count). The summed E-state index contributed by atoms with van der Waals surface area (Å²) in [5.41, 5.74) is 1.81. The fourth-order valence-corrected chi connectivity index (χ4v) is 2.64. The summed E-state index contributed by atoms with van der Waals surface area (Å²) in [7, 11) is 1.65. The van der Waals surface area contributed by atoms with Gasteiger partial charge in [-0.15, -0.1) is 0 Å². The number of pyridine rings is 1. The Hall–Kier alpha value is -1.62. The lowest BCUT2D eigenvalue weighted by Gasteiger charge is -2.29. The van der Waals surface area contributed by atoms with Crippen molar-refractivity contribution in [1.29, 1.82) is 0 Å². The Morgan fingerprint density at radius 3 is 2.76 bits per heavy atom. The highest BCUT2D eigenvalue weighted by Gasteiger charge is 2.21. The number of piperidine rings is 1. The van der Waals surface area contributed by atoms with Crippen molar-refractivity contribution in [3.63, 3.8) is 0 Å². The zero-order valence-corrected chi connectivity index (χ0v) is 13.2.